The van der Waals surface area contributed by atoms with Crippen LogP contribution in [0, 0.1) is 0 Å². The zero-order chi connectivity index (χ0) is 20.3. The Morgan fingerprint density at radius 2 is 1.87 bits per heavy atom. The Balaban J connectivity index is 1.22. The van der Waals surface area contributed by atoms with E-state index in [0.717, 1.165) is 42.6 Å². The first-order chi connectivity index (χ1) is 14.8. The number of hydrogen-bond acceptors (Lipinski definition) is 9. The third-order valence-corrected chi connectivity index (χ3v) is 6.27. The van der Waals surface area contributed by atoms with Gasteiger partial charge in [-0.3, -0.25) is 4.79 Å². The van der Waals surface area contributed by atoms with Crippen LogP contribution in [0.5, 0.6) is 0 Å². The molecule has 1 amide bonds. The molecule has 0 radical (unpaired) electrons. The predicted molar refractivity (Wildman–Crippen MR) is 113 cm³/mol. The van der Waals surface area contributed by atoms with Crippen molar-refractivity contribution in [3.8, 4) is 10.6 Å². The fourth-order valence-corrected chi connectivity index (χ4v) is 4.38. The third-order valence-electron chi connectivity index (χ3n) is 5.39. The first kappa shape index (κ1) is 19.0. The standard InChI is InChI=1S/C20H22N6O3S/c27-20(16-13-17(29-23-16)18-2-1-11-30-18)26-5-3-24(4-6-26)15-12-19(22-21-14-15)25-7-9-28-10-8-25/h1-2,11-14H,3-10H2. The van der Waals surface area contributed by atoms with E-state index in [9.17, 15) is 4.79 Å². The van der Waals surface area contributed by atoms with Crippen LogP contribution < -0.4 is 9.80 Å². The van der Waals surface area contributed by atoms with E-state index in [1.165, 1.54) is 0 Å². The highest BCUT2D eigenvalue weighted by molar-refractivity contribution is 7.13. The van der Waals surface area contributed by atoms with Gasteiger partial charge >= 0.3 is 0 Å². The van der Waals surface area contributed by atoms with Crippen LogP contribution in [-0.4, -0.2) is 78.6 Å². The maximum absolute atomic E-state index is 12.8. The Bertz CT molecular complexity index is 994. The summed E-state index contributed by atoms with van der Waals surface area (Å²) in [4.78, 5) is 20.1. The summed E-state index contributed by atoms with van der Waals surface area (Å²) >= 11 is 1.56. The molecule has 2 aliphatic rings. The second-order valence-electron chi connectivity index (χ2n) is 7.20. The summed E-state index contributed by atoms with van der Waals surface area (Å²) in [7, 11) is 0. The van der Waals surface area contributed by atoms with Gasteiger partial charge in [-0.1, -0.05) is 11.2 Å². The quantitative estimate of drug-likeness (QED) is 0.626. The highest BCUT2D eigenvalue weighted by Gasteiger charge is 2.26. The van der Waals surface area contributed by atoms with Crippen molar-refractivity contribution in [2.45, 2.75) is 0 Å². The number of aromatic nitrogens is 3. The maximum Gasteiger partial charge on any atom is 0.276 e. The van der Waals surface area contributed by atoms with E-state index >= 15 is 0 Å². The number of rotatable bonds is 4. The molecule has 9 nitrogen and oxygen atoms in total. The molecule has 0 spiro atoms. The second kappa shape index (κ2) is 8.41. The molecule has 2 aliphatic heterocycles. The van der Waals surface area contributed by atoms with Crippen LogP contribution in [0.4, 0.5) is 11.5 Å². The fourth-order valence-electron chi connectivity index (χ4n) is 3.71. The molecule has 5 heterocycles. The predicted octanol–water partition coefficient (Wildman–Crippen LogP) is 1.99. The van der Waals surface area contributed by atoms with Crippen molar-refractivity contribution in [3.63, 3.8) is 0 Å². The van der Waals surface area contributed by atoms with E-state index in [4.69, 9.17) is 9.26 Å². The zero-order valence-electron chi connectivity index (χ0n) is 16.4. The molecule has 5 rings (SSSR count). The van der Waals surface area contributed by atoms with Crippen molar-refractivity contribution < 1.29 is 14.1 Å². The summed E-state index contributed by atoms with van der Waals surface area (Å²) < 4.78 is 10.8. The van der Waals surface area contributed by atoms with Gasteiger partial charge < -0.3 is 24.0 Å². The molecule has 3 aromatic heterocycles. The van der Waals surface area contributed by atoms with Gasteiger partial charge in [-0.15, -0.1) is 16.4 Å². The van der Waals surface area contributed by atoms with Gasteiger partial charge in [0.05, 0.1) is 30.0 Å². The lowest BCUT2D eigenvalue weighted by molar-refractivity contribution is 0.0736. The molecule has 2 fully saturated rings. The Labute approximate surface area is 177 Å². The van der Waals surface area contributed by atoms with Crippen LogP contribution in [0.2, 0.25) is 0 Å². The number of nitrogens with zero attached hydrogens (tertiary/aromatic N) is 6. The molecule has 30 heavy (non-hydrogen) atoms. The van der Waals surface area contributed by atoms with Crippen LogP contribution in [0.25, 0.3) is 10.6 Å². The van der Waals surface area contributed by atoms with Crippen molar-refractivity contribution in [1.29, 1.82) is 0 Å². The molecular formula is C20H22N6O3S. The van der Waals surface area contributed by atoms with Gasteiger partial charge in [0.2, 0.25) is 0 Å². The Kier molecular flexibility index (Phi) is 5.33. The fraction of sp³-hybridized carbons (Fsp3) is 0.400. The number of hydrogen-bond donors (Lipinski definition) is 0. The number of carbonyl (C=O) groups is 1. The van der Waals surface area contributed by atoms with Crippen LogP contribution >= 0.6 is 11.3 Å². The van der Waals surface area contributed by atoms with Crippen LogP contribution in [0.1, 0.15) is 10.5 Å². The number of carbonyl (C=O) groups excluding carboxylic acids is 1. The Hall–Kier alpha value is -2.98. The molecule has 156 valence electrons. The van der Waals surface area contributed by atoms with E-state index in [1.807, 2.05) is 22.4 Å². The maximum atomic E-state index is 12.8. The van der Waals surface area contributed by atoms with E-state index in [1.54, 1.807) is 23.6 Å². The van der Waals surface area contributed by atoms with E-state index in [-0.39, 0.29) is 5.91 Å². The molecular weight excluding hydrogens is 404 g/mol. The largest absolute Gasteiger partial charge is 0.378 e. The molecule has 0 saturated carbocycles. The van der Waals surface area contributed by atoms with Crippen molar-refractivity contribution in [3.05, 3.63) is 41.5 Å². The minimum atomic E-state index is -0.0944. The topological polar surface area (TPSA) is 87.8 Å². The summed E-state index contributed by atoms with van der Waals surface area (Å²) in [6.45, 7) is 5.78. The van der Waals surface area contributed by atoms with Gasteiger partial charge in [-0.05, 0) is 11.4 Å². The summed E-state index contributed by atoms with van der Waals surface area (Å²) in [6, 6.07) is 7.69. The molecule has 3 aromatic rings. The number of amides is 1. The molecule has 0 aromatic carbocycles. The van der Waals surface area contributed by atoms with Crippen LogP contribution in [-0.2, 0) is 4.74 Å². The number of thiophene rings is 1. The first-order valence-corrected chi connectivity index (χ1v) is 10.9. The lowest BCUT2D eigenvalue weighted by Crippen LogP contribution is -2.49. The SMILES string of the molecule is O=C(c1cc(-c2cccs2)on1)N1CCN(c2cnnc(N3CCOCC3)c2)CC1. The number of ether oxygens (including phenoxy) is 1. The lowest BCUT2D eigenvalue weighted by atomic mass is 10.2. The first-order valence-electron chi connectivity index (χ1n) is 9.98. The van der Waals surface area contributed by atoms with Gasteiger partial charge in [0.1, 0.15) is 0 Å². The van der Waals surface area contributed by atoms with E-state index in [2.05, 4.69) is 31.2 Å². The molecule has 0 atom stereocenters. The number of anilines is 2. The smallest absolute Gasteiger partial charge is 0.276 e. The average Bonchev–Trinajstić information content (AvgIpc) is 3.52. The lowest BCUT2D eigenvalue weighted by Gasteiger charge is -2.36. The minimum absolute atomic E-state index is 0.0944. The van der Waals surface area contributed by atoms with Crippen LogP contribution in [0.3, 0.4) is 0 Å². The average molecular weight is 427 g/mol. The molecule has 0 N–H and O–H groups in total. The monoisotopic (exact) mass is 426 g/mol. The van der Waals surface area contributed by atoms with Crippen LogP contribution in [0.15, 0.2) is 40.4 Å². The Morgan fingerprint density at radius 1 is 1.03 bits per heavy atom. The van der Waals surface area contributed by atoms with Gasteiger partial charge in [0.15, 0.2) is 17.3 Å². The van der Waals surface area contributed by atoms with Gasteiger partial charge in [0.25, 0.3) is 5.91 Å². The van der Waals surface area contributed by atoms with E-state index in [0.29, 0.717) is 37.8 Å². The zero-order valence-corrected chi connectivity index (χ0v) is 17.3. The summed E-state index contributed by atoms with van der Waals surface area (Å²) in [6.07, 6.45) is 1.78. The molecule has 0 bridgehead atoms. The summed E-state index contributed by atoms with van der Waals surface area (Å²) in [5.74, 6) is 1.41. The minimum Gasteiger partial charge on any atom is -0.378 e. The summed E-state index contributed by atoms with van der Waals surface area (Å²) in [5, 5.41) is 14.4. The second-order valence-corrected chi connectivity index (χ2v) is 8.15. The number of piperazine rings is 1. The molecule has 0 aliphatic carbocycles. The molecule has 2 saturated heterocycles. The highest BCUT2D eigenvalue weighted by Crippen LogP contribution is 2.26. The molecule has 10 heteroatoms. The summed E-state index contributed by atoms with van der Waals surface area (Å²) in [5.41, 5.74) is 1.38. The number of morpholine rings is 1. The van der Waals surface area contributed by atoms with Crippen molar-refractivity contribution >= 4 is 28.7 Å². The highest BCUT2D eigenvalue weighted by atomic mass is 32.1. The Morgan fingerprint density at radius 3 is 2.63 bits per heavy atom. The normalized spacial score (nSPS) is 17.4. The van der Waals surface area contributed by atoms with Gasteiger partial charge in [-0.2, -0.15) is 5.10 Å². The molecule has 0 unspecified atom stereocenters. The van der Waals surface area contributed by atoms with E-state index < -0.39 is 0 Å². The van der Waals surface area contributed by atoms with Gasteiger partial charge in [-0.25, -0.2) is 0 Å². The van der Waals surface area contributed by atoms with Crippen molar-refractivity contribution in [1.82, 2.24) is 20.3 Å². The van der Waals surface area contributed by atoms with Crippen molar-refractivity contribution in [2.24, 2.45) is 0 Å². The van der Waals surface area contributed by atoms with Crippen molar-refractivity contribution in [2.75, 3.05) is 62.3 Å². The third kappa shape index (κ3) is 3.88. The van der Waals surface area contributed by atoms with Gasteiger partial charge in [0, 0.05) is 51.4 Å².